The van der Waals surface area contributed by atoms with Gasteiger partial charge in [-0.25, -0.2) is 0 Å². The van der Waals surface area contributed by atoms with Crippen LogP contribution in [0.5, 0.6) is 0 Å². The van der Waals surface area contributed by atoms with Crippen LogP contribution in [0.3, 0.4) is 0 Å². The molecule has 1 fully saturated rings. The lowest BCUT2D eigenvalue weighted by molar-refractivity contribution is 0.598. The van der Waals surface area contributed by atoms with E-state index in [1.807, 2.05) is 18.5 Å². The Morgan fingerprint density at radius 1 is 1.21 bits per heavy atom. The van der Waals surface area contributed by atoms with Gasteiger partial charge in [0, 0.05) is 58.9 Å². The van der Waals surface area contributed by atoms with Crippen LogP contribution < -0.4 is 5.73 Å². The SMILES string of the molecule is CC(C)CCN=C/C(=C\N)c1ccc(C2CC2)nc1-c1ccc2cccnc2c1. The predicted molar refractivity (Wildman–Crippen MR) is 122 cm³/mol. The number of fused-ring (bicyclic) bond motifs is 1. The number of nitrogens with two attached hydrogens (primary N) is 1. The van der Waals surface area contributed by atoms with E-state index >= 15 is 0 Å². The Balaban J connectivity index is 1.75. The molecule has 0 radical (unpaired) electrons. The van der Waals surface area contributed by atoms with Crippen molar-refractivity contribution >= 4 is 22.7 Å². The van der Waals surface area contributed by atoms with Crippen molar-refractivity contribution in [3.63, 3.8) is 0 Å². The van der Waals surface area contributed by atoms with E-state index in [0.29, 0.717) is 11.8 Å². The Morgan fingerprint density at radius 2 is 2.07 bits per heavy atom. The molecule has 2 aromatic heterocycles. The van der Waals surface area contributed by atoms with Crippen molar-refractivity contribution in [3.8, 4) is 11.3 Å². The minimum atomic E-state index is 0.589. The maximum absolute atomic E-state index is 6.00. The molecule has 0 saturated heterocycles. The smallest absolute Gasteiger partial charge is 0.0785 e. The molecule has 1 aliphatic rings. The summed E-state index contributed by atoms with van der Waals surface area (Å²) in [7, 11) is 0. The van der Waals surface area contributed by atoms with Gasteiger partial charge in [0.2, 0.25) is 0 Å². The Morgan fingerprint density at radius 3 is 2.83 bits per heavy atom. The van der Waals surface area contributed by atoms with E-state index in [9.17, 15) is 0 Å². The van der Waals surface area contributed by atoms with E-state index in [2.05, 4.69) is 60.2 Å². The van der Waals surface area contributed by atoms with E-state index in [1.54, 1.807) is 6.20 Å². The third kappa shape index (κ3) is 4.53. The van der Waals surface area contributed by atoms with Crippen LogP contribution in [0.4, 0.5) is 0 Å². The van der Waals surface area contributed by atoms with Crippen molar-refractivity contribution < 1.29 is 0 Å². The highest BCUT2D eigenvalue weighted by Crippen LogP contribution is 2.40. The second-order valence-electron chi connectivity index (χ2n) is 8.16. The number of pyridine rings is 2. The highest BCUT2D eigenvalue weighted by Gasteiger charge is 2.26. The Labute approximate surface area is 172 Å². The van der Waals surface area contributed by atoms with Crippen molar-refractivity contribution in [1.82, 2.24) is 9.97 Å². The molecule has 2 N–H and O–H groups in total. The van der Waals surface area contributed by atoms with Crippen LogP contribution in [0.25, 0.3) is 27.7 Å². The quantitative estimate of drug-likeness (QED) is 0.540. The first-order chi connectivity index (χ1) is 14.2. The van der Waals surface area contributed by atoms with Gasteiger partial charge in [-0.15, -0.1) is 0 Å². The van der Waals surface area contributed by atoms with E-state index in [0.717, 1.165) is 52.0 Å². The summed E-state index contributed by atoms with van der Waals surface area (Å²) in [4.78, 5) is 14.2. The third-order valence-electron chi connectivity index (χ3n) is 5.35. The Hall–Kier alpha value is -3.01. The molecule has 0 aliphatic heterocycles. The number of hydrogen-bond donors (Lipinski definition) is 1. The highest BCUT2D eigenvalue weighted by atomic mass is 14.8. The number of allylic oxidation sites excluding steroid dienone is 1. The summed E-state index contributed by atoms with van der Waals surface area (Å²) < 4.78 is 0. The summed E-state index contributed by atoms with van der Waals surface area (Å²) in [6.45, 7) is 5.22. The zero-order valence-corrected chi connectivity index (χ0v) is 17.2. The van der Waals surface area contributed by atoms with Crippen LogP contribution in [0, 0.1) is 5.92 Å². The van der Waals surface area contributed by atoms with Crippen LogP contribution in [0.1, 0.15) is 50.3 Å². The fraction of sp³-hybridized carbons (Fsp3) is 0.320. The van der Waals surface area contributed by atoms with Gasteiger partial charge in [0.1, 0.15) is 0 Å². The molecular weight excluding hydrogens is 356 g/mol. The summed E-state index contributed by atoms with van der Waals surface area (Å²) in [5.74, 6) is 1.23. The van der Waals surface area contributed by atoms with Crippen molar-refractivity contribution in [2.24, 2.45) is 16.6 Å². The molecule has 0 spiro atoms. The monoisotopic (exact) mass is 384 g/mol. The minimum absolute atomic E-state index is 0.589. The van der Waals surface area contributed by atoms with Gasteiger partial charge in [0.05, 0.1) is 11.2 Å². The summed E-state index contributed by atoms with van der Waals surface area (Å²) in [6.07, 6.45) is 8.86. The summed E-state index contributed by atoms with van der Waals surface area (Å²) >= 11 is 0. The van der Waals surface area contributed by atoms with Crippen molar-refractivity contribution in [3.05, 3.63) is 66.1 Å². The van der Waals surface area contributed by atoms with Gasteiger partial charge in [-0.2, -0.15) is 0 Å². The van der Waals surface area contributed by atoms with Crippen LogP contribution in [-0.4, -0.2) is 22.7 Å². The van der Waals surface area contributed by atoms with Crippen molar-refractivity contribution in [2.75, 3.05) is 6.54 Å². The molecule has 0 amide bonds. The molecule has 4 heteroatoms. The molecule has 0 atom stereocenters. The zero-order valence-electron chi connectivity index (χ0n) is 17.2. The first-order valence-corrected chi connectivity index (χ1v) is 10.4. The molecular formula is C25H28N4. The fourth-order valence-electron chi connectivity index (χ4n) is 3.45. The molecule has 3 aromatic rings. The van der Waals surface area contributed by atoms with E-state index in [-0.39, 0.29) is 0 Å². The number of aliphatic imine (C=N–C) groups is 1. The van der Waals surface area contributed by atoms with Crippen LogP contribution in [0.2, 0.25) is 0 Å². The van der Waals surface area contributed by atoms with Gasteiger partial charge in [-0.3, -0.25) is 15.0 Å². The molecule has 2 heterocycles. The largest absolute Gasteiger partial charge is 0.404 e. The number of aromatic nitrogens is 2. The van der Waals surface area contributed by atoms with Crippen molar-refractivity contribution in [1.29, 1.82) is 0 Å². The lowest BCUT2D eigenvalue weighted by Crippen LogP contribution is -2.00. The highest BCUT2D eigenvalue weighted by molar-refractivity contribution is 6.11. The number of hydrogen-bond acceptors (Lipinski definition) is 4. The fourth-order valence-corrected chi connectivity index (χ4v) is 3.45. The topological polar surface area (TPSA) is 64.2 Å². The molecule has 1 aliphatic carbocycles. The number of benzene rings is 1. The maximum atomic E-state index is 6.00. The molecule has 4 rings (SSSR count). The average molecular weight is 385 g/mol. The van der Waals surface area contributed by atoms with Gasteiger partial charge in [-0.05, 0) is 43.4 Å². The van der Waals surface area contributed by atoms with E-state index < -0.39 is 0 Å². The maximum Gasteiger partial charge on any atom is 0.0785 e. The molecule has 0 bridgehead atoms. The average Bonchev–Trinajstić information content (AvgIpc) is 3.58. The minimum Gasteiger partial charge on any atom is -0.404 e. The molecule has 29 heavy (non-hydrogen) atoms. The Kier molecular flexibility index (Phi) is 5.70. The molecule has 1 aromatic carbocycles. The Bertz CT molecular complexity index is 1060. The van der Waals surface area contributed by atoms with E-state index in [4.69, 9.17) is 10.7 Å². The standard InChI is InChI=1S/C25H28N4/c1-17(2)11-13-27-16-21(15-26)22-9-10-23(19-5-6-19)29-25(22)20-8-7-18-4-3-12-28-24(18)14-20/h3-4,7-10,12,14-17,19H,5-6,11,13,26H2,1-2H3/b21-15+,27-16?. The summed E-state index contributed by atoms with van der Waals surface area (Å²) in [6, 6.07) is 14.7. The van der Waals surface area contributed by atoms with Crippen LogP contribution >= 0.6 is 0 Å². The molecule has 4 nitrogen and oxygen atoms in total. The zero-order chi connectivity index (χ0) is 20.2. The summed E-state index contributed by atoms with van der Waals surface area (Å²) in [5, 5.41) is 1.13. The van der Waals surface area contributed by atoms with Gasteiger partial charge in [0.15, 0.2) is 0 Å². The van der Waals surface area contributed by atoms with Crippen molar-refractivity contribution in [2.45, 2.75) is 39.0 Å². The third-order valence-corrected chi connectivity index (χ3v) is 5.35. The van der Waals surface area contributed by atoms with Gasteiger partial charge >= 0.3 is 0 Å². The van der Waals surface area contributed by atoms with Gasteiger partial charge in [-0.1, -0.05) is 38.1 Å². The molecule has 0 unspecified atom stereocenters. The second kappa shape index (κ2) is 8.56. The first kappa shape index (κ1) is 19.3. The van der Waals surface area contributed by atoms with Crippen LogP contribution in [-0.2, 0) is 0 Å². The van der Waals surface area contributed by atoms with Crippen LogP contribution in [0.15, 0.2) is 59.9 Å². The number of rotatable bonds is 7. The van der Waals surface area contributed by atoms with Gasteiger partial charge < -0.3 is 5.73 Å². The normalized spacial score (nSPS) is 14.9. The molecule has 148 valence electrons. The first-order valence-electron chi connectivity index (χ1n) is 10.4. The predicted octanol–water partition coefficient (Wildman–Crippen LogP) is 5.59. The number of nitrogens with zero attached hydrogens (tertiary/aromatic N) is 3. The lowest BCUT2D eigenvalue weighted by Gasteiger charge is -2.12. The summed E-state index contributed by atoms with van der Waals surface area (Å²) in [5.41, 5.74) is 12.1. The lowest BCUT2D eigenvalue weighted by atomic mass is 9.98. The second-order valence-corrected chi connectivity index (χ2v) is 8.16. The van der Waals surface area contributed by atoms with Gasteiger partial charge in [0.25, 0.3) is 0 Å². The van der Waals surface area contributed by atoms with E-state index in [1.165, 1.54) is 12.8 Å². The molecule has 1 saturated carbocycles.